The quantitative estimate of drug-likeness (QED) is 0.705. The summed E-state index contributed by atoms with van der Waals surface area (Å²) in [7, 11) is 0. The van der Waals surface area contributed by atoms with Crippen LogP contribution < -0.4 is 16.4 Å². The second-order valence-electron chi connectivity index (χ2n) is 5.76. The Kier molecular flexibility index (Phi) is 8.02. The number of carbonyl (C=O) groups excluding carboxylic acids is 2. The van der Waals surface area contributed by atoms with Crippen LogP contribution in [0, 0.1) is 18.8 Å². The average Bonchev–Trinajstić information content (AvgIpc) is 2.97. The van der Waals surface area contributed by atoms with Crippen molar-refractivity contribution in [1.29, 1.82) is 0 Å². The van der Waals surface area contributed by atoms with E-state index in [1.807, 2.05) is 25.1 Å². The van der Waals surface area contributed by atoms with Gasteiger partial charge in [0.1, 0.15) is 0 Å². The first kappa shape index (κ1) is 19.9. The molecule has 1 aliphatic rings. The van der Waals surface area contributed by atoms with Gasteiger partial charge in [0.05, 0.1) is 6.54 Å². The van der Waals surface area contributed by atoms with Gasteiger partial charge in [0, 0.05) is 16.1 Å². The SMILES string of the molecule is Cc1cc(NC(=O)CNC(=O)[C@@H]2CCC[C@@H]2CN)ccc1Br.Cl. The molecule has 5 nitrogen and oxygen atoms in total. The molecule has 0 heterocycles. The topological polar surface area (TPSA) is 84.2 Å². The van der Waals surface area contributed by atoms with Crippen LogP contribution in [0.5, 0.6) is 0 Å². The number of nitrogens with two attached hydrogens (primary N) is 1. The standard InChI is InChI=1S/C16H22BrN3O2.ClH/c1-10-7-12(5-6-14(10)17)20-15(21)9-19-16(22)13-4-2-3-11(13)8-18;/h5-7,11,13H,2-4,8-9,18H2,1H3,(H,19,22)(H,20,21);1H/t11-,13-;/m1./s1. The molecule has 0 bridgehead atoms. The molecular weight excluding hydrogens is 382 g/mol. The first-order chi connectivity index (χ1) is 10.5. The third-order valence-corrected chi connectivity index (χ3v) is 5.05. The Bertz CT molecular complexity index is 568. The number of amides is 2. The lowest BCUT2D eigenvalue weighted by Crippen LogP contribution is -2.39. The van der Waals surface area contributed by atoms with E-state index < -0.39 is 0 Å². The van der Waals surface area contributed by atoms with Gasteiger partial charge < -0.3 is 16.4 Å². The van der Waals surface area contributed by atoms with E-state index in [9.17, 15) is 9.59 Å². The zero-order chi connectivity index (χ0) is 16.1. The third kappa shape index (κ3) is 5.48. The van der Waals surface area contributed by atoms with Gasteiger partial charge in [-0.2, -0.15) is 0 Å². The van der Waals surface area contributed by atoms with Gasteiger partial charge >= 0.3 is 0 Å². The highest BCUT2D eigenvalue weighted by Crippen LogP contribution is 2.30. The Morgan fingerprint density at radius 2 is 2.09 bits per heavy atom. The summed E-state index contributed by atoms with van der Waals surface area (Å²) in [6, 6.07) is 5.58. The molecule has 2 rings (SSSR count). The van der Waals surface area contributed by atoms with Crippen molar-refractivity contribution in [1.82, 2.24) is 5.32 Å². The second-order valence-corrected chi connectivity index (χ2v) is 6.62. The molecule has 1 aromatic rings. The molecule has 1 aromatic carbocycles. The summed E-state index contributed by atoms with van der Waals surface area (Å²) in [5.74, 6) is -0.0858. The molecule has 2 amide bonds. The molecule has 1 aliphatic carbocycles. The normalized spacial score (nSPS) is 19.8. The van der Waals surface area contributed by atoms with Crippen molar-refractivity contribution in [3.8, 4) is 0 Å². The predicted octanol–water partition coefficient (Wildman–Crippen LogP) is 2.61. The molecule has 23 heavy (non-hydrogen) atoms. The number of hydrogen-bond acceptors (Lipinski definition) is 3. The van der Waals surface area contributed by atoms with Gasteiger partial charge in [-0.3, -0.25) is 9.59 Å². The van der Waals surface area contributed by atoms with E-state index in [-0.39, 0.29) is 42.6 Å². The Morgan fingerprint density at radius 1 is 1.35 bits per heavy atom. The minimum Gasteiger partial charge on any atom is -0.347 e. The molecule has 7 heteroatoms. The van der Waals surface area contributed by atoms with Gasteiger partial charge in [-0.05, 0) is 56.0 Å². The number of halogens is 2. The molecule has 0 spiro atoms. The summed E-state index contributed by atoms with van der Waals surface area (Å²) in [5, 5.41) is 5.50. The zero-order valence-electron chi connectivity index (χ0n) is 13.1. The van der Waals surface area contributed by atoms with Crippen LogP contribution in [-0.2, 0) is 9.59 Å². The van der Waals surface area contributed by atoms with Crippen LogP contribution >= 0.6 is 28.3 Å². The van der Waals surface area contributed by atoms with E-state index in [0.29, 0.717) is 6.54 Å². The fourth-order valence-corrected chi connectivity index (χ4v) is 3.14. The van der Waals surface area contributed by atoms with Gasteiger partial charge in [-0.25, -0.2) is 0 Å². The molecule has 0 aliphatic heterocycles. The summed E-state index contributed by atoms with van der Waals surface area (Å²) in [4.78, 5) is 24.0. The lowest BCUT2D eigenvalue weighted by atomic mass is 9.95. The van der Waals surface area contributed by atoms with Gasteiger partial charge in [-0.15, -0.1) is 12.4 Å². The minimum absolute atomic E-state index is 0. The summed E-state index contributed by atoms with van der Waals surface area (Å²) in [6.07, 6.45) is 2.89. The number of hydrogen-bond donors (Lipinski definition) is 3. The van der Waals surface area contributed by atoms with Crippen LogP contribution in [-0.4, -0.2) is 24.9 Å². The fourth-order valence-electron chi connectivity index (χ4n) is 2.89. The predicted molar refractivity (Wildman–Crippen MR) is 97.7 cm³/mol. The van der Waals surface area contributed by atoms with Crippen molar-refractivity contribution < 1.29 is 9.59 Å². The van der Waals surface area contributed by atoms with Gasteiger partial charge in [0.25, 0.3) is 0 Å². The maximum absolute atomic E-state index is 12.1. The van der Waals surface area contributed by atoms with Gasteiger partial charge in [0.15, 0.2) is 0 Å². The van der Waals surface area contributed by atoms with Gasteiger partial charge in [-0.1, -0.05) is 22.4 Å². The Hall–Kier alpha value is -1.11. The summed E-state index contributed by atoms with van der Waals surface area (Å²) < 4.78 is 0.993. The number of anilines is 1. The molecule has 0 aromatic heterocycles. The largest absolute Gasteiger partial charge is 0.347 e. The first-order valence-electron chi connectivity index (χ1n) is 7.55. The van der Waals surface area contributed by atoms with Crippen LogP contribution in [0.4, 0.5) is 5.69 Å². The van der Waals surface area contributed by atoms with Crippen LogP contribution in [0.25, 0.3) is 0 Å². The zero-order valence-corrected chi connectivity index (χ0v) is 15.5. The monoisotopic (exact) mass is 403 g/mol. The van der Waals surface area contributed by atoms with Crippen molar-refractivity contribution in [2.75, 3.05) is 18.4 Å². The molecule has 1 saturated carbocycles. The number of rotatable bonds is 5. The summed E-state index contributed by atoms with van der Waals surface area (Å²) >= 11 is 3.42. The number of nitrogens with one attached hydrogen (secondary N) is 2. The third-order valence-electron chi connectivity index (χ3n) is 4.16. The van der Waals surface area contributed by atoms with E-state index in [4.69, 9.17) is 5.73 Å². The van der Waals surface area contributed by atoms with Crippen molar-refractivity contribution in [3.05, 3.63) is 28.2 Å². The van der Waals surface area contributed by atoms with Crippen molar-refractivity contribution >= 4 is 45.8 Å². The number of carbonyl (C=O) groups is 2. The first-order valence-corrected chi connectivity index (χ1v) is 8.34. The number of aryl methyl sites for hydroxylation is 1. The highest BCUT2D eigenvalue weighted by molar-refractivity contribution is 9.10. The second kappa shape index (κ2) is 9.25. The smallest absolute Gasteiger partial charge is 0.243 e. The molecule has 4 N–H and O–H groups in total. The molecule has 1 fully saturated rings. The molecular formula is C16H23BrClN3O2. The van der Waals surface area contributed by atoms with Crippen LogP contribution in [0.3, 0.4) is 0 Å². The molecule has 0 radical (unpaired) electrons. The Labute approximate surface area is 151 Å². The lowest BCUT2D eigenvalue weighted by molar-refractivity contribution is -0.128. The average molecular weight is 405 g/mol. The van der Waals surface area contributed by atoms with Crippen LogP contribution in [0.1, 0.15) is 24.8 Å². The van der Waals surface area contributed by atoms with Crippen molar-refractivity contribution in [3.63, 3.8) is 0 Å². The molecule has 128 valence electrons. The molecule has 0 unspecified atom stereocenters. The summed E-state index contributed by atoms with van der Waals surface area (Å²) in [5.41, 5.74) is 7.45. The van der Waals surface area contributed by atoms with Crippen molar-refractivity contribution in [2.24, 2.45) is 17.6 Å². The van der Waals surface area contributed by atoms with E-state index in [2.05, 4.69) is 26.6 Å². The van der Waals surface area contributed by atoms with Crippen LogP contribution in [0.2, 0.25) is 0 Å². The maximum Gasteiger partial charge on any atom is 0.243 e. The van der Waals surface area contributed by atoms with E-state index >= 15 is 0 Å². The van der Waals surface area contributed by atoms with Gasteiger partial charge in [0.2, 0.25) is 11.8 Å². The Balaban J connectivity index is 0.00000264. The minimum atomic E-state index is -0.225. The van der Waals surface area contributed by atoms with E-state index in [1.165, 1.54) is 0 Å². The fraction of sp³-hybridized carbons (Fsp3) is 0.500. The maximum atomic E-state index is 12.1. The van der Waals surface area contributed by atoms with E-state index in [1.54, 1.807) is 0 Å². The van der Waals surface area contributed by atoms with Crippen molar-refractivity contribution in [2.45, 2.75) is 26.2 Å². The molecule has 0 saturated heterocycles. The Morgan fingerprint density at radius 3 is 2.74 bits per heavy atom. The lowest BCUT2D eigenvalue weighted by Gasteiger charge is -2.17. The highest BCUT2D eigenvalue weighted by Gasteiger charge is 2.31. The van der Waals surface area contributed by atoms with E-state index in [0.717, 1.165) is 35.0 Å². The molecule has 2 atom stereocenters. The summed E-state index contributed by atoms with van der Waals surface area (Å²) in [6.45, 7) is 2.47. The number of benzene rings is 1. The van der Waals surface area contributed by atoms with Crippen LogP contribution in [0.15, 0.2) is 22.7 Å². The highest BCUT2D eigenvalue weighted by atomic mass is 79.9.